The first kappa shape index (κ1) is 33.5. The third-order valence-corrected chi connectivity index (χ3v) is 5.52. The molecule has 1 heterocycles. The highest BCUT2D eigenvalue weighted by molar-refractivity contribution is 7.83. The van der Waals surface area contributed by atoms with E-state index in [1.807, 2.05) is 0 Å². The maximum atomic E-state index is 8.97. The van der Waals surface area contributed by atoms with Gasteiger partial charge in [0.25, 0.3) is 0 Å². The lowest BCUT2D eigenvalue weighted by atomic mass is 9.94. The molecule has 3 aliphatic rings. The van der Waals surface area contributed by atoms with Crippen molar-refractivity contribution in [1.29, 1.82) is 0 Å². The van der Waals surface area contributed by atoms with Crippen molar-refractivity contribution in [3.63, 3.8) is 0 Å². The van der Waals surface area contributed by atoms with Crippen LogP contribution in [0.1, 0.15) is 51.4 Å². The molecule has 0 aromatic rings. The van der Waals surface area contributed by atoms with Crippen LogP contribution in [0.3, 0.4) is 0 Å². The first-order valence-corrected chi connectivity index (χ1v) is 15.1. The van der Waals surface area contributed by atoms with E-state index in [4.69, 9.17) is 54.4 Å². The molecular weight excluding hydrogens is 524 g/mol. The largest absolute Gasteiger partial charge is 0.377 e. The van der Waals surface area contributed by atoms with Gasteiger partial charge in [-0.2, -0.15) is 16.8 Å². The van der Waals surface area contributed by atoms with Gasteiger partial charge in [-0.3, -0.25) is 9.11 Å². The fourth-order valence-electron chi connectivity index (χ4n) is 4.13. The summed E-state index contributed by atoms with van der Waals surface area (Å²) in [5, 5.41) is 7.76. The predicted octanol–water partition coefficient (Wildman–Crippen LogP) is 0.218. The standard InChI is InChI=1S/C20H36O6.2H3NO3S/c1-2-6-18-17(5-1)23-13-9-21-11-15-25-19-7-3-4-8-20(19)26-16-12-22-10-14-24-18;2*1-5(2,3)4/h17-20H,1-16H2;2*(H3,1,2,3,4). The van der Waals surface area contributed by atoms with E-state index in [-0.39, 0.29) is 24.4 Å². The SMILES string of the molecule is C1CCC2OCCOCCOC3CCCCC3OCCOCCOC2C1.NS(=O)(=O)O.NS(=O)(=O)O. The lowest BCUT2D eigenvalue weighted by molar-refractivity contribution is -0.129. The molecule has 0 spiro atoms. The summed E-state index contributed by atoms with van der Waals surface area (Å²) in [6, 6.07) is 0. The van der Waals surface area contributed by atoms with Gasteiger partial charge < -0.3 is 28.4 Å². The molecule has 4 unspecified atom stereocenters. The van der Waals surface area contributed by atoms with Gasteiger partial charge >= 0.3 is 20.6 Å². The normalized spacial score (nSPS) is 29.9. The van der Waals surface area contributed by atoms with Crippen molar-refractivity contribution < 1.29 is 54.4 Å². The van der Waals surface area contributed by atoms with Crippen LogP contribution in [0.25, 0.3) is 0 Å². The zero-order valence-electron chi connectivity index (χ0n) is 20.6. The highest BCUT2D eigenvalue weighted by atomic mass is 32.2. The molecule has 1 saturated heterocycles. The van der Waals surface area contributed by atoms with E-state index in [1.165, 1.54) is 25.7 Å². The van der Waals surface area contributed by atoms with Crippen LogP contribution in [0.2, 0.25) is 0 Å². The third-order valence-electron chi connectivity index (χ3n) is 5.52. The number of ether oxygens (including phenoxy) is 6. The molecule has 0 bridgehead atoms. The fraction of sp³-hybridized carbons (Fsp3) is 1.00. The number of fused-ring (bicyclic) bond motifs is 2. The average molecular weight is 567 g/mol. The predicted molar refractivity (Wildman–Crippen MR) is 129 cm³/mol. The van der Waals surface area contributed by atoms with Crippen molar-refractivity contribution in [2.75, 3.05) is 52.9 Å². The number of nitrogens with two attached hydrogens (primary N) is 2. The van der Waals surface area contributed by atoms with E-state index in [2.05, 4.69) is 10.3 Å². The van der Waals surface area contributed by atoms with Gasteiger partial charge in [0.15, 0.2) is 0 Å². The molecule has 0 amide bonds. The fourth-order valence-corrected chi connectivity index (χ4v) is 4.13. The lowest BCUT2D eigenvalue weighted by Gasteiger charge is -2.32. The average Bonchev–Trinajstić information content (AvgIpc) is 2.77. The highest BCUT2D eigenvalue weighted by Crippen LogP contribution is 2.25. The monoisotopic (exact) mass is 566 g/mol. The molecule has 14 nitrogen and oxygen atoms in total. The van der Waals surface area contributed by atoms with Crippen molar-refractivity contribution in [3.8, 4) is 0 Å². The van der Waals surface area contributed by atoms with Crippen molar-refractivity contribution in [2.45, 2.75) is 75.8 Å². The summed E-state index contributed by atoms with van der Waals surface area (Å²) in [7, 11) is -8.33. The van der Waals surface area contributed by atoms with Crippen LogP contribution in [-0.4, -0.2) is 103 Å². The van der Waals surface area contributed by atoms with Crippen LogP contribution in [0.4, 0.5) is 0 Å². The first-order chi connectivity index (χ1) is 16.9. The Hall–Kier alpha value is -0.500. The molecule has 16 heteroatoms. The summed E-state index contributed by atoms with van der Waals surface area (Å²) >= 11 is 0. The van der Waals surface area contributed by atoms with Crippen molar-refractivity contribution >= 4 is 20.6 Å². The minimum Gasteiger partial charge on any atom is -0.377 e. The van der Waals surface area contributed by atoms with Crippen LogP contribution >= 0.6 is 0 Å². The molecule has 0 aromatic heterocycles. The van der Waals surface area contributed by atoms with E-state index in [9.17, 15) is 0 Å². The summed E-state index contributed by atoms with van der Waals surface area (Å²) in [5.74, 6) is 0. The Morgan fingerprint density at radius 2 is 0.667 bits per heavy atom. The lowest BCUT2D eigenvalue weighted by Crippen LogP contribution is -2.37. The van der Waals surface area contributed by atoms with Crippen LogP contribution in [0.5, 0.6) is 0 Å². The van der Waals surface area contributed by atoms with E-state index in [0.29, 0.717) is 52.9 Å². The molecule has 0 aromatic carbocycles. The second kappa shape index (κ2) is 18.7. The minimum atomic E-state index is -4.17. The Morgan fingerprint density at radius 3 is 0.861 bits per heavy atom. The molecule has 216 valence electrons. The number of hydrogen-bond acceptors (Lipinski definition) is 10. The van der Waals surface area contributed by atoms with Gasteiger partial charge in [0.1, 0.15) is 0 Å². The van der Waals surface area contributed by atoms with Gasteiger partial charge in [-0.15, -0.1) is 0 Å². The van der Waals surface area contributed by atoms with Crippen molar-refractivity contribution in [3.05, 3.63) is 0 Å². The number of rotatable bonds is 0. The summed E-state index contributed by atoms with van der Waals surface area (Å²) in [5.41, 5.74) is 0. The smallest absolute Gasteiger partial charge is 0.330 e. The molecule has 0 radical (unpaired) electrons. The summed E-state index contributed by atoms with van der Waals surface area (Å²) in [6.45, 7) is 4.93. The van der Waals surface area contributed by atoms with Gasteiger partial charge in [-0.1, -0.05) is 25.7 Å². The van der Waals surface area contributed by atoms with Crippen LogP contribution in [0.15, 0.2) is 0 Å². The topological polar surface area (TPSA) is 216 Å². The van der Waals surface area contributed by atoms with Gasteiger partial charge in [-0.05, 0) is 25.7 Å². The Balaban J connectivity index is 0.000000550. The van der Waals surface area contributed by atoms with Gasteiger partial charge in [-0.25, -0.2) is 10.3 Å². The Labute approximate surface area is 214 Å². The molecule has 2 saturated carbocycles. The zero-order chi connectivity index (χ0) is 26.9. The maximum Gasteiger partial charge on any atom is 0.330 e. The number of hydrogen-bond donors (Lipinski definition) is 4. The van der Waals surface area contributed by atoms with E-state index < -0.39 is 20.6 Å². The van der Waals surface area contributed by atoms with E-state index in [1.54, 1.807) is 0 Å². The quantitative estimate of drug-likeness (QED) is 0.290. The zero-order valence-corrected chi connectivity index (χ0v) is 22.2. The second-order valence-corrected chi connectivity index (χ2v) is 10.5. The maximum absolute atomic E-state index is 8.97. The molecular formula is C20H42N2O12S2. The molecule has 3 rings (SSSR count). The second-order valence-electron chi connectivity index (χ2n) is 8.46. The Kier molecular flexibility index (Phi) is 17.4. The van der Waals surface area contributed by atoms with E-state index in [0.717, 1.165) is 25.7 Å². The molecule has 36 heavy (non-hydrogen) atoms. The molecule has 2 aliphatic carbocycles. The molecule has 1 aliphatic heterocycles. The third kappa shape index (κ3) is 20.5. The van der Waals surface area contributed by atoms with Gasteiger partial charge in [0.2, 0.25) is 0 Å². The van der Waals surface area contributed by atoms with Crippen molar-refractivity contribution in [2.24, 2.45) is 10.3 Å². The molecule has 6 N–H and O–H groups in total. The van der Waals surface area contributed by atoms with Crippen LogP contribution < -0.4 is 10.3 Å². The Bertz CT molecular complexity index is 657. The van der Waals surface area contributed by atoms with Crippen LogP contribution in [-0.2, 0) is 49.0 Å². The Morgan fingerprint density at radius 1 is 0.472 bits per heavy atom. The molecule has 4 atom stereocenters. The summed E-state index contributed by atoms with van der Waals surface area (Å²) in [6.07, 6.45) is 9.93. The van der Waals surface area contributed by atoms with Crippen molar-refractivity contribution in [1.82, 2.24) is 0 Å². The first-order valence-electron chi connectivity index (χ1n) is 12.1. The van der Waals surface area contributed by atoms with Gasteiger partial charge in [0, 0.05) is 0 Å². The highest BCUT2D eigenvalue weighted by Gasteiger charge is 2.27. The summed E-state index contributed by atoms with van der Waals surface area (Å²) < 4.78 is 85.9. The van der Waals surface area contributed by atoms with Crippen LogP contribution in [0, 0.1) is 0 Å². The van der Waals surface area contributed by atoms with E-state index >= 15 is 0 Å². The molecule has 3 fully saturated rings. The minimum absolute atomic E-state index is 0.189. The summed E-state index contributed by atoms with van der Waals surface area (Å²) in [4.78, 5) is 0. The van der Waals surface area contributed by atoms with Gasteiger partial charge in [0.05, 0.1) is 77.3 Å².